The lowest BCUT2D eigenvalue weighted by atomic mass is 9.90. The van der Waals surface area contributed by atoms with Crippen molar-refractivity contribution in [2.45, 2.75) is 18.7 Å². The third kappa shape index (κ3) is 4.28. The maximum atomic E-state index is 12.4. The lowest BCUT2D eigenvalue weighted by Crippen LogP contribution is -2.41. The van der Waals surface area contributed by atoms with E-state index in [0.29, 0.717) is 0 Å². The molecule has 10 heteroatoms. The fourth-order valence-corrected chi connectivity index (χ4v) is 3.74. The second-order valence-corrected chi connectivity index (χ2v) is 6.87. The molecule has 1 atom stereocenters. The largest absolute Gasteiger partial charge is 0.507 e. The molecule has 0 saturated carbocycles. The van der Waals surface area contributed by atoms with Gasteiger partial charge in [-0.25, -0.2) is 4.79 Å². The third-order valence-electron chi connectivity index (χ3n) is 3.99. The van der Waals surface area contributed by atoms with Crippen LogP contribution < -0.4 is 10.1 Å². The SMILES string of the molecule is COC1=CC(=O)c2c(cc(OC)c(CSC[C@@H](NC(C)=O)C(=O)O)c2O)C1=O. The van der Waals surface area contributed by atoms with Crippen molar-refractivity contribution in [3.63, 3.8) is 0 Å². The number of carbonyl (C=O) groups is 4. The molecular weight excluding hydrogens is 390 g/mol. The van der Waals surface area contributed by atoms with Gasteiger partial charge in [0.25, 0.3) is 0 Å². The number of carboxylic acids is 1. The zero-order valence-electron chi connectivity index (χ0n) is 15.4. The molecule has 1 aromatic rings. The molecule has 0 saturated heterocycles. The Labute approximate surface area is 164 Å². The van der Waals surface area contributed by atoms with E-state index in [4.69, 9.17) is 14.6 Å². The molecule has 1 aliphatic rings. The highest BCUT2D eigenvalue weighted by molar-refractivity contribution is 7.98. The fraction of sp³-hybridized carbons (Fsp3) is 0.333. The number of benzene rings is 1. The predicted octanol–water partition coefficient (Wildman–Crippen LogP) is 1.13. The molecule has 1 aromatic carbocycles. The summed E-state index contributed by atoms with van der Waals surface area (Å²) in [5.41, 5.74) is 0.0570. The van der Waals surface area contributed by atoms with Gasteiger partial charge in [0.05, 0.1) is 19.8 Å². The van der Waals surface area contributed by atoms with Crippen LogP contribution in [0.5, 0.6) is 11.5 Å². The second-order valence-electron chi connectivity index (χ2n) is 5.84. The van der Waals surface area contributed by atoms with Gasteiger partial charge in [-0.15, -0.1) is 0 Å². The number of hydrogen-bond acceptors (Lipinski definition) is 8. The maximum absolute atomic E-state index is 12.4. The molecule has 0 radical (unpaired) electrons. The lowest BCUT2D eigenvalue weighted by Gasteiger charge is -2.20. The number of methoxy groups -OCH3 is 2. The number of phenols is 1. The minimum atomic E-state index is -1.19. The van der Waals surface area contributed by atoms with Gasteiger partial charge in [-0.2, -0.15) is 11.8 Å². The average molecular weight is 409 g/mol. The summed E-state index contributed by atoms with van der Waals surface area (Å²) in [4.78, 5) is 47.0. The van der Waals surface area contributed by atoms with Crippen molar-refractivity contribution in [3.05, 3.63) is 34.6 Å². The van der Waals surface area contributed by atoms with Gasteiger partial charge in [0.2, 0.25) is 11.7 Å². The molecule has 0 unspecified atom stereocenters. The Balaban J connectivity index is 2.31. The molecule has 0 bridgehead atoms. The number of ketones is 2. The summed E-state index contributed by atoms with van der Waals surface area (Å²) in [5.74, 6) is -3.06. The molecule has 0 spiro atoms. The highest BCUT2D eigenvalue weighted by Crippen LogP contribution is 2.39. The van der Waals surface area contributed by atoms with E-state index in [0.717, 1.165) is 17.8 Å². The summed E-state index contributed by atoms with van der Waals surface area (Å²) in [6.07, 6.45) is 1.00. The summed E-state index contributed by atoms with van der Waals surface area (Å²) in [5, 5.41) is 22.0. The standard InChI is InChI=1S/C18H19NO8S/c1-8(20)19-11(18(24)25)7-28-6-10-13(26-2)4-9-15(17(10)23)12(21)5-14(27-3)16(9)22/h4-5,11,23H,6-7H2,1-3H3,(H,19,20)(H,24,25)/t11-/m1/s1. The Morgan fingerprint density at radius 3 is 2.46 bits per heavy atom. The second kappa shape index (κ2) is 8.79. The van der Waals surface area contributed by atoms with Gasteiger partial charge in [-0.1, -0.05) is 0 Å². The Morgan fingerprint density at radius 1 is 1.25 bits per heavy atom. The number of aromatic hydroxyl groups is 1. The number of thioether (sulfide) groups is 1. The van der Waals surface area contributed by atoms with Gasteiger partial charge in [0.15, 0.2) is 11.5 Å². The topological polar surface area (TPSA) is 139 Å². The van der Waals surface area contributed by atoms with Gasteiger partial charge in [-0.3, -0.25) is 14.4 Å². The van der Waals surface area contributed by atoms with Gasteiger partial charge < -0.3 is 25.0 Å². The van der Waals surface area contributed by atoms with Crippen molar-refractivity contribution < 1.29 is 38.9 Å². The summed E-state index contributed by atoms with van der Waals surface area (Å²) >= 11 is 1.11. The Hall–Kier alpha value is -3.01. The number of ether oxygens (including phenoxy) is 2. The summed E-state index contributed by atoms with van der Waals surface area (Å²) < 4.78 is 10.1. The number of rotatable bonds is 8. The number of carboxylic acid groups (broad SMARTS) is 1. The maximum Gasteiger partial charge on any atom is 0.327 e. The van der Waals surface area contributed by atoms with Crippen LogP contribution in [-0.4, -0.2) is 59.7 Å². The number of phenolic OH excluding ortho intramolecular Hbond substituents is 1. The predicted molar refractivity (Wildman–Crippen MR) is 99.8 cm³/mol. The molecule has 2 rings (SSSR count). The molecule has 1 aliphatic carbocycles. The van der Waals surface area contributed by atoms with E-state index in [9.17, 15) is 24.3 Å². The van der Waals surface area contributed by atoms with Crippen molar-refractivity contribution >= 4 is 35.2 Å². The Bertz CT molecular complexity index is 877. The van der Waals surface area contributed by atoms with Crippen molar-refractivity contribution in [2.24, 2.45) is 0 Å². The first-order valence-corrected chi connectivity index (χ1v) is 9.21. The molecule has 0 heterocycles. The van der Waals surface area contributed by atoms with Crippen molar-refractivity contribution in [1.29, 1.82) is 0 Å². The summed E-state index contributed by atoms with van der Waals surface area (Å²) in [7, 11) is 2.60. The number of nitrogens with one attached hydrogen (secondary N) is 1. The molecule has 0 aromatic heterocycles. The van der Waals surface area contributed by atoms with Crippen LogP contribution in [0.2, 0.25) is 0 Å². The number of fused-ring (bicyclic) bond motifs is 1. The first-order chi connectivity index (χ1) is 13.2. The van der Waals surface area contributed by atoms with Crippen LogP contribution in [0.25, 0.3) is 0 Å². The highest BCUT2D eigenvalue weighted by atomic mass is 32.2. The van der Waals surface area contributed by atoms with Crippen LogP contribution in [0.3, 0.4) is 0 Å². The first-order valence-electron chi connectivity index (χ1n) is 8.06. The quantitative estimate of drug-likeness (QED) is 0.576. The molecule has 0 aliphatic heterocycles. The Morgan fingerprint density at radius 2 is 1.93 bits per heavy atom. The normalized spacial score (nSPS) is 14.0. The molecule has 0 fully saturated rings. The van der Waals surface area contributed by atoms with Crippen LogP contribution >= 0.6 is 11.8 Å². The van der Waals surface area contributed by atoms with Crippen LogP contribution in [0.1, 0.15) is 33.2 Å². The minimum absolute atomic E-state index is 0.0230. The van der Waals surface area contributed by atoms with Gasteiger partial charge in [0, 0.05) is 35.6 Å². The molecule has 28 heavy (non-hydrogen) atoms. The van der Waals surface area contributed by atoms with E-state index >= 15 is 0 Å². The molecule has 9 nitrogen and oxygen atoms in total. The highest BCUT2D eigenvalue weighted by Gasteiger charge is 2.32. The third-order valence-corrected chi connectivity index (χ3v) is 5.05. The van der Waals surface area contributed by atoms with Gasteiger partial charge in [-0.05, 0) is 6.07 Å². The summed E-state index contributed by atoms with van der Waals surface area (Å²) in [6.45, 7) is 1.21. The zero-order chi connectivity index (χ0) is 21.0. The first kappa shape index (κ1) is 21.3. The van der Waals surface area contributed by atoms with E-state index in [-0.39, 0.29) is 39.7 Å². The van der Waals surface area contributed by atoms with Crippen molar-refractivity contribution in [2.75, 3.05) is 20.0 Å². The number of amides is 1. The number of carbonyl (C=O) groups excluding carboxylic acids is 3. The average Bonchev–Trinajstić information content (AvgIpc) is 2.63. The molecular formula is C18H19NO8S. The van der Waals surface area contributed by atoms with Crippen LogP contribution in [-0.2, 0) is 20.1 Å². The van der Waals surface area contributed by atoms with Crippen molar-refractivity contribution in [3.8, 4) is 11.5 Å². The van der Waals surface area contributed by atoms with E-state index in [2.05, 4.69) is 5.32 Å². The summed E-state index contributed by atoms with van der Waals surface area (Å²) in [6, 6.07) is 0.239. The number of allylic oxidation sites excluding steroid dienone is 2. The van der Waals surface area contributed by atoms with E-state index in [1.807, 2.05) is 0 Å². The minimum Gasteiger partial charge on any atom is -0.507 e. The van der Waals surface area contributed by atoms with Crippen molar-refractivity contribution in [1.82, 2.24) is 5.32 Å². The van der Waals surface area contributed by atoms with Crippen LogP contribution in [0, 0.1) is 0 Å². The lowest BCUT2D eigenvalue weighted by molar-refractivity contribution is -0.140. The van der Waals surface area contributed by atoms with Gasteiger partial charge in [0.1, 0.15) is 17.5 Å². The number of hydrogen-bond donors (Lipinski definition) is 3. The van der Waals surface area contributed by atoms with E-state index < -0.39 is 35.2 Å². The number of aliphatic carboxylic acids is 1. The van der Waals surface area contributed by atoms with E-state index in [1.165, 1.54) is 27.2 Å². The monoisotopic (exact) mass is 409 g/mol. The smallest absolute Gasteiger partial charge is 0.327 e. The molecule has 150 valence electrons. The fourth-order valence-electron chi connectivity index (χ4n) is 2.68. The Kier molecular flexibility index (Phi) is 6.68. The van der Waals surface area contributed by atoms with Gasteiger partial charge >= 0.3 is 5.97 Å². The molecule has 1 amide bonds. The van der Waals surface area contributed by atoms with Crippen LogP contribution in [0.4, 0.5) is 0 Å². The van der Waals surface area contributed by atoms with Crippen LogP contribution in [0.15, 0.2) is 17.9 Å². The zero-order valence-corrected chi connectivity index (χ0v) is 16.2. The van der Waals surface area contributed by atoms with E-state index in [1.54, 1.807) is 0 Å². The molecule has 3 N–H and O–H groups in total. The number of Topliss-reactive ketones (excluding diaryl/α,β-unsaturated/α-hetero) is 1.